The molecule has 0 N–H and O–H groups in total. The molecule has 68 valence electrons. The zero-order valence-corrected chi connectivity index (χ0v) is 8.00. The summed E-state index contributed by atoms with van der Waals surface area (Å²) in [6.45, 7) is 9.35. The number of hydrogen-bond acceptors (Lipinski definition) is 1. The molecule has 0 radical (unpaired) electrons. The second-order valence-corrected chi connectivity index (χ2v) is 2.84. The summed E-state index contributed by atoms with van der Waals surface area (Å²) in [5, 5.41) is 0. The highest BCUT2D eigenvalue weighted by atomic mass is 16.2. The zero-order chi connectivity index (χ0) is 10.0. The first-order chi connectivity index (χ1) is 6.13. The third-order valence-corrected chi connectivity index (χ3v) is 2.08. The largest absolute Gasteiger partial charge is 0.311 e. The Morgan fingerprint density at radius 3 is 2.46 bits per heavy atom. The number of likely N-dealkylation sites (N-methyl/N-ethyl adjacent to an activating group) is 1. The van der Waals surface area contributed by atoms with Gasteiger partial charge in [-0.2, -0.15) is 0 Å². The van der Waals surface area contributed by atoms with Gasteiger partial charge in [-0.3, -0.25) is 4.79 Å². The molecular formula is C11H13NO. The molecular weight excluding hydrogens is 162 g/mol. The topological polar surface area (TPSA) is 20.3 Å². The van der Waals surface area contributed by atoms with Crippen LogP contribution in [0.1, 0.15) is 6.92 Å². The van der Waals surface area contributed by atoms with Crippen molar-refractivity contribution >= 4 is 5.91 Å². The number of rotatable bonds is 2. The van der Waals surface area contributed by atoms with Crippen molar-refractivity contribution in [3.63, 3.8) is 0 Å². The first-order valence-corrected chi connectivity index (χ1v) is 4.10. The Morgan fingerprint density at radius 2 is 2.00 bits per heavy atom. The molecule has 1 heterocycles. The second-order valence-electron chi connectivity index (χ2n) is 2.84. The predicted octanol–water partition coefficient (Wildman–Crippen LogP) is 2.03. The quantitative estimate of drug-likeness (QED) is 0.628. The van der Waals surface area contributed by atoms with E-state index in [4.69, 9.17) is 0 Å². The van der Waals surface area contributed by atoms with Gasteiger partial charge in [0, 0.05) is 23.9 Å². The van der Waals surface area contributed by atoms with E-state index in [9.17, 15) is 4.79 Å². The van der Waals surface area contributed by atoms with E-state index in [1.165, 1.54) is 4.90 Å². The molecule has 0 bridgehead atoms. The number of amides is 1. The van der Waals surface area contributed by atoms with Crippen molar-refractivity contribution in [3.8, 4) is 0 Å². The standard InChI is InChI=1S/C11H13NO/c1-5-7-10-9(6-2)8(3)12(4)11(10)13/h5-7H,2-3H2,1,4H3/b7-5-. The predicted molar refractivity (Wildman–Crippen MR) is 53.9 cm³/mol. The van der Waals surface area contributed by atoms with Gasteiger partial charge in [-0.15, -0.1) is 0 Å². The molecule has 2 heteroatoms. The average molecular weight is 175 g/mol. The van der Waals surface area contributed by atoms with Gasteiger partial charge in [0.05, 0.1) is 0 Å². The summed E-state index contributed by atoms with van der Waals surface area (Å²) in [5.74, 6) is -0.0157. The van der Waals surface area contributed by atoms with Crippen LogP contribution in [-0.4, -0.2) is 17.9 Å². The van der Waals surface area contributed by atoms with E-state index in [0.29, 0.717) is 11.3 Å². The molecule has 0 aromatic rings. The summed E-state index contributed by atoms with van der Waals surface area (Å²) in [7, 11) is 1.71. The molecule has 0 saturated heterocycles. The maximum atomic E-state index is 11.6. The van der Waals surface area contributed by atoms with Crippen LogP contribution in [0.5, 0.6) is 0 Å². The summed E-state index contributed by atoms with van der Waals surface area (Å²) >= 11 is 0. The molecule has 1 rings (SSSR count). The van der Waals surface area contributed by atoms with Gasteiger partial charge in [-0.25, -0.2) is 0 Å². The number of carbonyl (C=O) groups excluding carboxylic acids is 1. The van der Waals surface area contributed by atoms with E-state index in [1.54, 1.807) is 19.2 Å². The minimum Gasteiger partial charge on any atom is -0.311 e. The van der Waals surface area contributed by atoms with Gasteiger partial charge in [-0.1, -0.05) is 31.4 Å². The third-order valence-electron chi connectivity index (χ3n) is 2.08. The van der Waals surface area contributed by atoms with Gasteiger partial charge >= 0.3 is 0 Å². The van der Waals surface area contributed by atoms with Gasteiger partial charge < -0.3 is 4.90 Å². The molecule has 0 aromatic carbocycles. The highest BCUT2D eigenvalue weighted by Gasteiger charge is 2.27. The molecule has 0 fully saturated rings. The van der Waals surface area contributed by atoms with Crippen molar-refractivity contribution in [1.29, 1.82) is 0 Å². The van der Waals surface area contributed by atoms with Crippen molar-refractivity contribution in [1.82, 2.24) is 4.90 Å². The van der Waals surface area contributed by atoms with Gasteiger partial charge in [-0.05, 0) is 6.92 Å². The Balaban J connectivity index is 3.24. The summed E-state index contributed by atoms with van der Waals surface area (Å²) < 4.78 is 0. The molecule has 0 spiro atoms. The first-order valence-electron chi connectivity index (χ1n) is 4.10. The molecule has 0 atom stereocenters. The molecule has 1 aliphatic rings. The highest BCUT2D eigenvalue weighted by Crippen LogP contribution is 2.27. The molecule has 0 aliphatic carbocycles. The minimum atomic E-state index is -0.0157. The Hall–Kier alpha value is -1.57. The van der Waals surface area contributed by atoms with Crippen LogP contribution in [0.2, 0.25) is 0 Å². The van der Waals surface area contributed by atoms with Crippen LogP contribution < -0.4 is 0 Å². The van der Waals surface area contributed by atoms with E-state index in [-0.39, 0.29) is 5.91 Å². The van der Waals surface area contributed by atoms with Crippen molar-refractivity contribution in [3.05, 3.63) is 48.2 Å². The molecule has 2 nitrogen and oxygen atoms in total. The fraction of sp³-hybridized carbons (Fsp3) is 0.182. The number of hydrogen-bond donors (Lipinski definition) is 0. The van der Waals surface area contributed by atoms with E-state index < -0.39 is 0 Å². The van der Waals surface area contributed by atoms with Gasteiger partial charge in [0.25, 0.3) is 5.91 Å². The monoisotopic (exact) mass is 175 g/mol. The maximum Gasteiger partial charge on any atom is 0.258 e. The lowest BCUT2D eigenvalue weighted by Crippen LogP contribution is -2.19. The molecule has 0 saturated carbocycles. The molecule has 0 aromatic heterocycles. The molecule has 13 heavy (non-hydrogen) atoms. The number of allylic oxidation sites excluding steroid dienone is 2. The van der Waals surface area contributed by atoms with Crippen LogP contribution in [0.3, 0.4) is 0 Å². The van der Waals surface area contributed by atoms with Crippen LogP contribution in [-0.2, 0) is 4.79 Å². The van der Waals surface area contributed by atoms with Crippen molar-refractivity contribution in [2.24, 2.45) is 0 Å². The van der Waals surface area contributed by atoms with Crippen LogP contribution in [0, 0.1) is 0 Å². The Bertz CT molecular complexity index is 334. The van der Waals surface area contributed by atoms with Crippen LogP contribution in [0.4, 0.5) is 0 Å². The second kappa shape index (κ2) is 3.44. The third kappa shape index (κ3) is 1.35. The zero-order valence-electron chi connectivity index (χ0n) is 8.00. The number of nitrogens with zero attached hydrogens (tertiary/aromatic N) is 1. The summed E-state index contributed by atoms with van der Waals surface area (Å²) in [5.41, 5.74) is 2.21. The smallest absolute Gasteiger partial charge is 0.258 e. The molecule has 1 amide bonds. The SMILES string of the molecule is C=CC1=C(/C=C\C)C(=O)N(C)C1=C. The highest BCUT2D eigenvalue weighted by molar-refractivity contribution is 6.03. The Morgan fingerprint density at radius 1 is 1.38 bits per heavy atom. The van der Waals surface area contributed by atoms with Crippen molar-refractivity contribution in [2.75, 3.05) is 7.05 Å². The maximum absolute atomic E-state index is 11.6. The normalized spacial score (nSPS) is 17.8. The van der Waals surface area contributed by atoms with Crippen LogP contribution in [0.25, 0.3) is 0 Å². The first kappa shape index (κ1) is 9.52. The van der Waals surface area contributed by atoms with Crippen molar-refractivity contribution in [2.45, 2.75) is 6.92 Å². The molecule has 1 aliphatic heterocycles. The van der Waals surface area contributed by atoms with E-state index >= 15 is 0 Å². The minimum absolute atomic E-state index is 0.0157. The summed E-state index contributed by atoms with van der Waals surface area (Å²) in [6.07, 6.45) is 5.29. The van der Waals surface area contributed by atoms with E-state index in [2.05, 4.69) is 13.2 Å². The summed E-state index contributed by atoms with van der Waals surface area (Å²) in [4.78, 5) is 13.1. The van der Waals surface area contributed by atoms with Gasteiger partial charge in [0.2, 0.25) is 0 Å². The molecule has 0 unspecified atom stereocenters. The van der Waals surface area contributed by atoms with Gasteiger partial charge in [0.1, 0.15) is 0 Å². The van der Waals surface area contributed by atoms with E-state index in [1.807, 2.05) is 13.0 Å². The summed E-state index contributed by atoms with van der Waals surface area (Å²) in [6, 6.07) is 0. The lowest BCUT2D eigenvalue weighted by atomic mass is 10.1. The lowest BCUT2D eigenvalue weighted by molar-refractivity contribution is -0.122. The number of carbonyl (C=O) groups is 1. The van der Waals surface area contributed by atoms with Crippen LogP contribution >= 0.6 is 0 Å². The van der Waals surface area contributed by atoms with Crippen molar-refractivity contribution < 1.29 is 4.79 Å². The van der Waals surface area contributed by atoms with Gasteiger partial charge in [0.15, 0.2) is 0 Å². The van der Waals surface area contributed by atoms with Crippen LogP contribution in [0.15, 0.2) is 48.2 Å². The Labute approximate surface area is 78.5 Å². The fourth-order valence-corrected chi connectivity index (χ4v) is 1.31. The Kier molecular flexibility index (Phi) is 2.52. The lowest BCUT2D eigenvalue weighted by Gasteiger charge is -2.09. The van der Waals surface area contributed by atoms with E-state index in [0.717, 1.165) is 5.57 Å². The average Bonchev–Trinajstić information content (AvgIpc) is 2.32. The fourth-order valence-electron chi connectivity index (χ4n) is 1.31.